The van der Waals surface area contributed by atoms with Gasteiger partial charge in [-0.3, -0.25) is 4.90 Å². The summed E-state index contributed by atoms with van der Waals surface area (Å²) in [6.07, 6.45) is 4.64. The van der Waals surface area contributed by atoms with Crippen LogP contribution in [0.15, 0.2) is 18.3 Å². The van der Waals surface area contributed by atoms with E-state index in [9.17, 15) is 0 Å². The molecule has 0 spiro atoms. The standard InChI is InChI=1S/C12H21N3/c1-14-6-2-3-12(14)10-15-7-4-11(9-13)5-8-15/h2-3,6,11H,4-5,7-10,13H2,1H3. The van der Waals surface area contributed by atoms with E-state index >= 15 is 0 Å². The van der Waals surface area contributed by atoms with Gasteiger partial charge in [-0.05, 0) is 50.5 Å². The van der Waals surface area contributed by atoms with Crippen LogP contribution >= 0.6 is 0 Å². The van der Waals surface area contributed by atoms with Crippen molar-refractivity contribution in [1.82, 2.24) is 9.47 Å². The van der Waals surface area contributed by atoms with Crippen LogP contribution in [0.1, 0.15) is 18.5 Å². The Labute approximate surface area is 91.9 Å². The maximum atomic E-state index is 5.69. The summed E-state index contributed by atoms with van der Waals surface area (Å²) in [5.41, 5.74) is 7.09. The van der Waals surface area contributed by atoms with Crippen molar-refractivity contribution in [1.29, 1.82) is 0 Å². The van der Waals surface area contributed by atoms with Crippen LogP contribution in [0.25, 0.3) is 0 Å². The Kier molecular flexibility index (Phi) is 3.44. The summed E-state index contributed by atoms with van der Waals surface area (Å²) < 4.78 is 2.20. The van der Waals surface area contributed by atoms with E-state index in [0.29, 0.717) is 0 Å². The molecule has 0 unspecified atom stereocenters. The normalized spacial score (nSPS) is 19.6. The molecule has 0 aliphatic carbocycles. The lowest BCUT2D eigenvalue weighted by Gasteiger charge is -2.31. The topological polar surface area (TPSA) is 34.2 Å². The third kappa shape index (κ3) is 2.61. The number of nitrogens with zero attached hydrogens (tertiary/aromatic N) is 2. The van der Waals surface area contributed by atoms with Gasteiger partial charge >= 0.3 is 0 Å². The molecule has 0 amide bonds. The molecule has 1 aliphatic heterocycles. The van der Waals surface area contributed by atoms with Crippen molar-refractivity contribution in [3.63, 3.8) is 0 Å². The number of rotatable bonds is 3. The molecule has 15 heavy (non-hydrogen) atoms. The quantitative estimate of drug-likeness (QED) is 0.808. The van der Waals surface area contributed by atoms with Gasteiger partial charge in [-0.15, -0.1) is 0 Å². The molecule has 0 saturated carbocycles. The van der Waals surface area contributed by atoms with Crippen LogP contribution in [0.2, 0.25) is 0 Å². The molecule has 1 saturated heterocycles. The highest BCUT2D eigenvalue weighted by molar-refractivity contribution is 5.06. The number of hydrogen-bond acceptors (Lipinski definition) is 2. The monoisotopic (exact) mass is 207 g/mol. The Morgan fingerprint density at radius 3 is 2.67 bits per heavy atom. The van der Waals surface area contributed by atoms with Crippen LogP contribution in [0.4, 0.5) is 0 Å². The van der Waals surface area contributed by atoms with Gasteiger partial charge in [0.05, 0.1) is 0 Å². The first kappa shape index (κ1) is 10.7. The zero-order valence-corrected chi connectivity index (χ0v) is 9.52. The summed E-state index contributed by atoms with van der Waals surface area (Å²) in [5, 5.41) is 0. The van der Waals surface area contributed by atoms with Gasteiger partial charge in [-0.25, -0.2) is 0 Å². The smallest absolute Gasteiger partial charge is 0.0387 e. The van der Waals surface area contributed by atoms with Gasteiger partial charge in [-0.1, -0.05) is 0 Å². The molecule has 2 heterocycles. The van der Waals surface area contributed by atoms with E-state index in [1.165, 1.54) is 31.6 Å². The second-order valence-electron chi connectivity index (χ2n) is 4.57. The predicted molar refractivity (Wildman–Crippen MR) is 62.5 cm³/mol. The van der Waals surface area contributed by atoms with Gasteiger partial charge in [0.25, 0.3) is 0 Å². The number of likely N-dealkylation sites (tertiary alicyclic amines) is 1. The highest BCUT2D eigenvalue weighted by atomic mass is 15.1. The Bertz CT molecular complexity index is 298. The third-order valence-electron chi connectivity index (χ3n) is 3.48. The zero-order valence-electron chi connectivity index (χ0n) is 9.52. The Morgan fingerprint density at radius 1 is 1.40 bits per heavy atom. The van der Waals surface area contributed by atoms with Crippen molar-refractivity contribution in [3.8, 4) is 0 Å². The molecule has 84 valence electrons. The van der Waals surface area contributed by atoms with Crippen molar-refractivity contribution in [2.75, 3.05) is 19.6 Å². The molecule has 0 aromatic carbocycles. The van der Waals surface area contributed by atoms with Crippen molar-refractivity contribution in [2.45, 2.75) is 19.4 Å². The van der Waals surface area contributed by atoms with E-state index in [2.05, 4.69) is 34.8 Å². The zero-order chi connectivity index (χ0) is 10.7. The Balaban J connectivity index is 1.85. The first-order valence-electron chi connectivity index (χ1n) is 5.82. The molecule has 1 aliphatic rings. The average molecular weight is 207 g/mol. The Hall–Kier alpha value is -0.800. The highest BCUT2D eigenvalue weighted by Gasteiger charge is 2.18. The summed E-state index contributed by atoms with van der Waals surface area (Å²) in [5.74, 6) is 0.759. The first-order valence-corrected chi connectivity index (χ1v) is 5.82. The van der Waals surface area contributed by atoms with Crippen LogP contribution in [0, 0.1) is 5.92 Å². The molecule has 1 aromatic rings. The van der Waals surface area contributed by atoms with E-state index in [1.807, 2.05) is 0 Å². The van der Waals surface area contributed by atoms with Crippen LogP contribution in [-0.2, 0) is 13.6 Å². The van der Waals surface area contributed by atoms with Gasteiger partial charge in [0.15, 0.2) is 0 Å². The molecule has 0 atom stereocenters. The molecule has 1 fully saturated rings. The fourth-order valence-corrected chi connectivity index (χ4v) is 2.27. The third-order valence-corrected chi connectivity index (χ3v) is 3.48. The van der Waals surface area contributed by atoms with Gasteiger partial charge in [0.1, 0.15) is 0 Å². The first-order chi connectivity index (χ1) is 7.29. The maximum absolute atomic E-state index is 5.69. The summed E-state index contributed by atoms with van der Waals surface area (Å²) in [6.45, 7) is 4.35. The molecule has 1 aromatic heterocycles. The van der Waals surface area contributed by atoms with Crippen molar-refractivity contribution >= 4 is 0 Å². The molecule has 0 bridgehead atoms. The second-order valence-corrected chi connectivity index (χ2v) is 4.57. The number of nitrogens with two attached hydrogens (primary N) is 1. The predicted octanol–water partition coefficient (Wildman–Crippen LogP) is 1.20. The van der Waals surface area contributed by atoms with Crippen LogP contribution in [0.5, 0.6) is 0 Å². The summed E-state index contributed by atoms with van der Waals surface area (Å²) >= 11 is 0. The fourth-order valence-electron chi connectivity index (χ4n) is 2.27. The minimum atomic E-state index is 0.759. The lowest BCUT2D eigenvalue weighted by Crippen LogP contribution is -2.35. The molecule has 3 heteroatoms. The minimum Gasteiger partial charge on any atom is -0.353 e. The molecule has 2 N–H and O–H groups in total. The fraction of sp³-hybridized carbons (Fsp3) is 0.667. The highest BCUT2D eigenvalue weighted by Crippen LogP contribution is 2.17. The van der Waals surface area contributed by atoms with Crippen molar-refractivity contribution in [2.24, 2.45) is 18.7 Å². The molecule has 3 nitrogen and oxygen atoms in total. The van der Waals surface area contributed by atoms with Gasteiger partial charge in [0, 0.05) is 25.5 Å². The number of aromatic nitrogens is 1. The van der Waals surface area contributed by atoms with Gasteiger partial charge < -0.3 is 10.3 Å². The summed E-state index contributed by atoms with van der Waals surface area (Å²) in [4.78, 5) is 2.53. The minimum absolute atomic E-state index is 0.759. The number of hydrogen-bond donors (Lipinski definition) is 1. The average Bonchev–Trinajstić information content (AvgIpc) is 2.66. The van der Waals surface area contributed by atoms with E-state index in [1.54, 1.807) is 0 Å². The second kappa shape index (κ2) is 4.81. The Morgan fingerprint density at radius 2 is 2.13 bits per heavy atom. The molecular formula is C12H21N3. The number of aryl methyl sites for hydroxylation is 1. The molecular weight excluding hydrogens is 186 g/mol. The number of piperidine rings is 1. The van der Waals surface area contributed by atoms with Crippen molar-refractivity contribution < 1.29 is 0 Å². The van der Waals surface area contributed by atoms with Gasteiger partial charge in [-0.2, -0.15) is 0 Å². The SMILES string of the molecule is Cn1cccc1CN1CCC(CN)CC1. The maximum Gasteiger partial charge on any atom is 0.0387 e. The van der Waals surface area contributed by atoms with E-state index in [4.69, 9.17) is 5.73 Å². The molecule has 2 rings (SSSR count). The van der Waals surface area contributed by atoms with Gasteiger partial charge in [0.2, 0.25) is 0 Å². The van der Waals surface area contributed by atoms with E-state index in [0.717, 1.165) is 19.0 Å². The lowest BCUT2D eigenvalue weighted by atomic mass is 9.97. The van der Waals surface area contributed by atoms with E-state index < -0.39 is 0 Å². The van der Waals surface area contributed by atoms with Crippen LogP contribution in [-0.4, -0.2) is 29.1 Å². The lowest BCUT2D eigenvalue weighted by molar-refractivity contribution is 0.177. The van der Waals surface area contributed by atoms with Crippen LogP contribution < -0.4 is 5.73 Å². The van der Waals surface area contributed by atoms with E-state index in [-0.39, 0.29) is 0 Å². The largest absolute Gasteiger partial charge is 0.353 e. The summed E-state index contributed by atoms with van der Waals surface area (Å²) in [6, 6.07) is 4.32. The molecule has 0 radical (unpaired) electrons. The van der Waals surface area contributed by atoms with Crippen LogP contribution in [0.3, 0.4) is 0 Å². The van der Waals surface area contributed by atoms with Crippen molar-refractivity contribution in [3.05, 3.63) is 24.0 Å². The summed E-state index contributed by atoms with van der Waals surface area (Å²) in [7, 11) is 2.11.